The highest BCUT2D eigenvalue weighted by Crippen LogP contribution is 2.21. The Morgan fingerprint density at radius 1 is 1.15 bits per heavy atom. The minimum absolute atomic E-state index is 0.0855. The largest absolute Gasteiger partial charge is 0.481 e. The third kappa shape index (κ3) is 4.72. The Hall–Kier alpha value is -2.61. The molecule has 1 aromatic heterocycles. The number of furan rings is 1. The van der Waals surface area contributed by atoms with Gasteiger partial charge in [-0.2, -0.15) is 0 Å². The van der Waals surface area contributed by atoms with Crippen LogP contribution in [0.1, 0.15) is 36.4 Å². The van der Waals surface area contributed by atoms with Crippen molar-refractivity contribution in [3.8, 4) is 0 Å². The predicted octanol–water partition coefficient (Wildman–Crippen LogP) is 2.48. The Bertz CT molecular complexity index is 883. The van der Waals surface area contributed by atoms with E-state index in [1.165, 1.54) is 24.5 Å². The van der Waals surface area contributed by atoms with Crippen LogP contribution in [0.3, 0.4) is 0 Å². The molecule has 0 aliphatic rings. The van der Waals surface area contributed by atoms with Crippen LogP contribution >= 0.6 is 0 Å². The molecule has 140 valence electrons. The molecule has 26 heavy (non-hydrogen) atoms. The zero-order valence-corrected chi connectivity index (χ0v) is 15.4. The van der Waals surface area contributed by atoms with E-state index in [-0.39, 0.29) is 34.9 Å². The number of carbonyl (C=O) groups is 2. The summed E-state index contributed by atoms with van der Waals surface area (Å²) < 4.78 is 30.1. The molecule has 0 spiro atoms. The van der Waals surface area contributed by atoms with E-state index in [0.717, 1.165) is 0 Å². The third-order valence-electron chi connectivity index (χ3n) is 4.02. The molecule has 2 N–H and O–H groups in total. The first-order valence-electron chi connectivity index (χ1n) is 7.99. The highest BCUT2D eigenvalue weighted by Gasteiger charge is 2.27. The number of aliphatic carboxylic acids is 1. The van der Waals surface area contributed by atoms with Gasteiger partial charge in [0, 0.05) is 12.1 Å². The number of carboxylic acid groups (broad SMARTS) is 1. The van der Waals surface area contributed by atoms with E-state index in [4.69, 9.17) is 9.52 Å². The van der Waals surface area contributed by atoms with Gasteiger partial charge in [-0.05, 0) is 38.5 Å². The summed E-state index contributed by atoms with van der Waals surface area (Å²) in [4.78, 5) is 23.5. The molecule has 0 fully saturated rings. The van der Waals surface area contributed by atoms with Gasteiger partial charge in [0.15, 0.2) is 15.6 Å². The molecule has 0 saturated carbocycles. The van der Waals surface area contributed by atoms with Crippen molar-refractivity contribution in [2.75, 3.05) is 6.54 Å². The summed E-state index contributed by atoms with van der Waals surface area (Å²) in [5, 5.41) is 11.6. The van der Waals surface area contributed by atoms with E-state index in [2.05, 4.69) is 5.32 Å². The third-order valence-corrected chi connectivity index (χ3v) is 5.70. The second kappa shape index (κ2) is 7.74. The second-order valence-corrected chi connectivity index (χ2v) is 8.53. The van der Waals surface area contributed by atoms with Gasteiger partial charge < -0.3 is 14.8 Å². The van der Waals surface area contributed by atoms with Crippen molar-refractivity contribution in [3.05, 3.63) is 54.0 Å². The van der Waals surface area contributed by atoms with Crippen LogP contribution in [0.2, 0.25) is 0 Å². The van der Waals surface area contributed by atoms with Gasteiger partial charge in [0.05, 0.1) is 22.3 Å². The first-order chi connectivity index (χ1) is 12.1. The van der Waals surface area contributed by atoms with Crippen molar-refractivity contribution in [1.29, 1.82) is 0 Å². The maximum Gasteiger partial charge on any atom is 0.309 e. The Labute approximate surface area is 151 Å². The van der Waals surface area contributed by atoms with Crippen molar-refractivity contribution < 1.29 is 27.5 Å². The topological polar surface area (TPSA) is 114 Å². The quantitative estimate of drug-likeness (QED) is 0.728. The summed E-state index contributed by atoms with van der Waals surface area (Å²) in [6, 6.07) is 9.39. The lowest BCUT2D eigenvalue weighted by Crippen LogP contribution is -2.32. The SMILES string of the molecule is CC(C)(CCNC(=O)c1occc1CS(=O)(=O)c1ccccc1)C(=O)O. The molecule has 0 bridgehead atoms. The van der Waals surface area contributed by atoms with Crippen LogP contribution in [0.5, 0.6) is 0 Å². The van der Waals surface area contributed by atoms with Gasteiger partial charge in [0.2, 0.25) is 0 Å². The van der Waals surface area contributed by atoms with E-state index in [9.17, 15) is 18.0 Å². The number of hydrogen-bond acceptors (Lipinski definition) is 5. The van der Waals surface area contributed by atoms with Gasteiger partial charge >= 0.3 is 5.97 Å². The number of rotatable bonds is 8. The van der Waals surface area contributed by atoms with Crippen molar-refractivity contribution in [1.82, 2.24) is 5.32 Å². The Morgan fingerprint density at radius 3 is 2.42 bits per heavy atom. The zero-order chi connectivity index (χ0) is 19.4. The summed E-state index contributed by atoms with van der Waals surface area (Å²) in [6.07, 6.45) is 1.48. The zero-order valence-electron chi connectivity index (χ0n) is 14.6. The van der Waals surface area contributed by atoms with E-state index >= 15 is 0 Å². The number of carboxylic acids is 1. The molecule has 1 aromatic carbocycles. The summed E-state index contributed by atoms with van der Waals surface area (Å²) in [7, 11) is -3.61. The van der Waals surface area contributed by atoms with Crippen LogP contribution < -0.4 is 5.32 Å². The maximum atomic E-state index is 12.5. The first-order valence-corrected chi connectivity index (χ1v) is 9.64. The highest BCUT2D eigenvalue weighted by molar-refractivity contribution is 7.90. The number of nitrogens with one attached hydrogen (secondary N) is 1. The van der Waals surface area contributed by atoms with Crippen LogP contribution in [0.15, 0.2) is 52.0 Å². The Morgan fingerprint density at radius 2 is 1.81 bits per heavy atom. The molecule has 0 saturated heterocycles. The average molecular weight is 379 g/mol. The number of hydrogen-bond donors (Lipinski definition) is 2. The highest BCUT2D eigenvalue weighted by atomic mass is 32.2. The Balaban J connectivity index is 2.06. The van der Waals surface area contributed by atoms with Crippen LogP contribution in [0, 0.1) is 5.41 Å². The summed E-state index contributed by atoms with van der Waals surface area (Å²) in [5.41, 5.74) is -0.723. The van der Waals surface area contributed by atoms with Crippen molar-refractivity contribution in [2.45, 2.75) is 30.9 Å². The molecule has 0 aliphatic heterocycles. The fourth-order valence-corrected chi connectivity index (χ4v) is 3.62. The number of benzene rings is 1. The lowest BCUT2D eigenvalue weighted by Gasteiger charge is -2.18. The fourth-order valence-electron chi connectivity index (χ4n) is 2.24. The molecule has 7 nitrogen and oxygen atoms in total. The predicted molar refractivity (Wildman–Crippen MR) is 94.4 cm³/mol. The molecule has 2 rings (SSSR count). The van der Waals surface area contributed by atoms with E-state index in [0.29, 0.717) is 0 Å². The van der Waals surface area contributed by atoms with Crippen LogP contribution in [0.25, 0.3) is 0 Å². The molecule has 0 radical (unpaired) electrons. The van der Waals surface area contributed by atoms with Gasteiger partial charge in [-0.15, -0.1) is 0 Å². The van der Waals surface area contributed by atoms with Crippen molar-refractivity contribution in [3.63, 3.8) is 0 Å². The van der Waals surface area contributed by atoms with Crippen LogP contribution in [0.4, 0.5) is 0 Å². The summed E-state index contributed by atoms with van der Waals surface area (Å²) >= 11 is 0. The van der Waals surface area contributed by atoms with E-state index in [1.54, 1.807) is 32.0 Å². The lowest BCUT2D eigenvalue weighted by molar-refractivity contribution is -0.147. The molecule has 8 heteroatoms. The molecular formula is C18H21NO6S. The molecule has 2 aromatic rings. The average Bonchev–Trinajstić information content (AvgIpc) is 3.02. The van der Waals surface area contributed by atoms with Crippen LogP contribution in [-0.4, -0.2) is 31.9 Å². The lowest BCUT2D eigenvalue weighted by atomic mass is 9.90. The van der Waals surface area contributed by atoms with E-state index in [1.807, 2.05) is 0 Å². The minimum atomic E-state index is -3.61. The van der Waals surface area contributed by atoms with E-state index < -0.39 is 27.1 Å². The number of carbonyl (C=O) groups excluding carboxylic acids is 1. The summed E-state index contributed by atoms with van der Waals surface area (Å²) in [5.74, 6) is -1.98. The van der Waals surface area contributed by atoms with Gasteiger partial charge in [-0.3, -0.25) is 9.59 Å². The molecule has 0 atom stereocenters. The van der Waals surface area contributed by atoms with Crippen LogP contribution in [-0.2, 0) is 20.4 Å². The molecule has 1 heterocycles. The second-order valence-electron chi connectivity index (χ2n) is 6.54. The van der Waals surface area contributed by atoms with Gasteiger partial charge in [0.1, 0.15) is 0 Å². The normalized spacial score (nSPS) is 11.9. The number of amides is 1. The van der Waals surface area contributed by atoms with Crippen molar-refractivity contribution >= 4 is 21.7 Å². The monoisotopic (exact) mass is 379 g/mol. The smallest absolute Gasteiger partial charge is 0.309 e. The molecule has 1 amide bonds. The minimum Gasteiger partial charge on any atom is -0.481 e. The van der Waals surface area contributed by atoms with Crippen molar-refractivity contribution in [2.24, 2.45) is 5.41 Å². The molecule has 0 unspecified atom stereocenters. The van der Waals surface area contributed by atoms with Gasteiger partial charge in [-0.25, -0.2) is 8.42 Å². The van der Waals surface area contributed by atoms with Gasteiger partial charge in [0.25, 0.3) is 5.91 Å². The first kappa shape index (κ1) is 19.7. The number of sulfone groups is 1. The van der Waals surface area contributed by atoms with Gasteiger partial charge in [-0.1, -0.05) is 18.2 Å². The molecule has 0 aliphatic carbocycles. The fraction of sp³-hybridized carbons (Fsp3) is 0.333. The standard InChI is InChI=1S/C18H21NO6S/c1-18(2,17(21)22)9-10-19-16(20)15-13(8-11-25-15)12-26(23,24)14-6-4-3-5-7-14/h3-8,11H,9-10,12H2,1-2H3,(H,19,20)(H,21,22). The molecular weight excluding hydrogens is 358 g/mol. The Kier molecular flexibility index (Phi) is 5.86. The maximum absolute atomic E-state index is 12.5. The summed E-state index contributed by atoms with van der Waals surface area (Å²) in [6.45, 7) is 3.25.